The third-order valence-corrected chi connectivity index (χ3v) is 7.39. The molecule has 0 radical (unpaired) electrons. The van der Waals surface area contributed by atoms with Gasteiger partial charge >= 0.3 is 5.97 Å². The third-order valence-electron chi connectivity index (χ3n) is 7.39. The second-order valence-electron chi connectivity index (χ2n) is 11.8. The lowest BCUT2D eigenvalue weighted by Crippen LogP contribution is -2.56. The molecule has 0 aromatic rings. The average molecular weight is 593 g/mol. The Morgan fingerprint density at radius 2 is 1.52 bits per heavy atom. The van der Waals surface area contributed by atoms with Crippen molar-refractivity contribution >= 4 is 29.6 Å². The number of unbranched alkanes of at least 4 members (excludes halogenated alkanes) is 8. The molecule has 238 valence electrons. The van der Waals surface area contributed by atoms with Crippen molar-refractivity contribution < 1.29 is 33.8 Å². The molecule has 11 nitrogen and oxygen atoms in total. The molecule has 1 heterocycles. The number of nitrogens with zero attached hydrogens (tertiary/aromatic N) is 1. The molecule has 0 bridgehead atoms. The standard InChI is InChI=1S/C31H52N4O7/c1-21(2)15-13-11-9-7-6-8-10-12-14-16-22(3)24-19-25(36)33-23(4)17-18-27(38)35(5)20-26(37)34-28(31(41)42-24)29(39)30(32)40/h17-18,21-22,24,28-29,39H,4,6-16,19-20H2,1-3,5H3,(H2,32,40)(H,33,36)(H,34,37)/b18-17+. The minimum absolute atomic E-state index is 0.153. The van der Waals surface area contributed by atoms with Crippen molar-refractivity contribution in [3.05, 3.63) is 24.4 Å². The molecule has 0 aromatic heterocycles. The number of carbonyl (C=O) groups is 5. The number of hydrogen-bond donors (Lipinski definition) is 4. The first-order valence-corrected chi connectivity index (χ1v) is 15.2. The molecule has 1 rings (SSSR count). The van der Waals surface area contributed by atoms with Crippen LogP contribution in [0, 0.1) is 11.8 Å². The molecule has 0 aliphatic carbocycles. The smallest absolute Gasteiger partial charge is 0.332 e. The van der Waals surface area contributed by atoms with Gasteiger partial charge in [-0.25, -0.2) is 4.79 Å². The van der Waals surface area contributed by atoms with Gasteiger partial charge in [0.25, 0.3) is 0 Å². The zero-order valence-electron chi connectivity index (χ0n) is 25.9. The SMILES string of the molecule is C=C1/C=C/C(=O)N(C)CC(=O)NC(C(O)C(N)=O)C(=O)OC(C(C)CCCCCCCCCCCC(C)C)CC(=O)N1. The summed E-state index contributed by atoms with van der Waals surface area (Å²) < 4.78 is 5.62. The minimum Gasteiger partial charge on any atom is -0.460 e. The van der Waals surface area contributed by atoms with Crippen LogP contribution < -0.4 is 16.4 Å². The third kappa shape index (κ3) is 15.1. The van der Waals surface area contributed by atoms with Gasteiger partial charge < -0.3 is 31.1 Å². The summed E-state index contributed by atoms with van der Waals surface area (Å²) in [6, 6.07) is -1.81. The zero-order valence-corrected chi connectivity index (χ0v) is 25.9. The first kappa shape index (κ1) is 36.8. The molecular weight excluding hydrogens is 540 g/mol. The number of primary amides is 1. The van der Waals surface area contributed by atoms with Gasteiger partial charge in [-0.3, -0.25) is 19.2 Å². The fourth-order valence-corrected chi connectivity index (χ4v) is 4.72. The highest BCUT2D eigenvalue weighted by Crippen LogP contribution is 2.21. The number of amides is 4. The van der Waals surface area contributed by atoms with Crippen LogP contribution >= 0.6 is 0 Å². The van der Waals surface area contributed by atoms with E-state index in [0.29, 0.717) is 6.42 Å². The van der Waals surface area contributed by atoms with Crippen LogP contribution in [0.2, 0.25) is 0 Å². The van der Waals surface area contributed by atoms with Crippen molar-refractivity contribution in [2.75, 3.05) is 13.6 Å². The Bertz CT molecular complexity index is 950. The monoisotopic (exact) mass is 592 g/mol. The van der Waals surface area contributed by atoms with E-state index in [1.807, 2.05) is 6.92 Å². The Labute approximate surface area is 250 Å². The molecule has 42 heavy (non-hydrogen) atoms. The van der Waals surface area contributed by atoms with E-state index in [1.54, 1.807) is 0 Å². The highest BCUT2D eigenvalue weighted by atomic mass is 16.5. The van der Waals surface area contributed by atoms with Crippen LogP contribution in [0.1, 0.15) is 97.8 Å². The Balaban J connectivity index is 2.82. The maximum atomic E-state index is 13.1. The Morgan fingerprint density at radius 3 is 2.07 bits per heavy atom. The van der Waals surface area contributed by atoms with Crippen LogP contribution in [-0.4, -0.2) is 71.4 Å². The van der Waals surface area contributed by atoms with Crippen LogP contribution in [0.4, 0.5) is 0 Å². The molecule has 0 fully saturated rings. The maximum Gasteiger partial charge on any atom is 0.332 e. The maximum absolute atomic E-state index is 13.1. The van der Waals surface area contributed by atoms with Crippen LogP contribution in [0.15, 0.2) is 24.4 Å². The molecule has 1 aliphatic rings. The van der Waals surface area contributed by atoms with Gasteiger partial charge in [0.05, 0.1) is 13.0 Å². The van der Waals surface area contributed by atoms with Crippen molar-refractivity contribution in [3.63, 3.8) is 0 Å². The second kappa shape index (κ2) is 19.8. The highest BCUT2D eigenvalue weighted by molar-refractivity contribution is 5.95. The van der Waals surface area contributed by atoms with E-state index in [-0.39, 0.29) is 18.0 Å². The molecule has 0 aromatic carbocycles. The second-order valence-corrected chi connectivity index (χ2v) is 11.8. The summed E-state index contributed by atoms with van der Waals surface area (Å²) in [6.07, 6.45) is 11.7. The summed E-state index contributed by atoms with van der Waals surface area (Å²) in [4.78, 5) is 63.5. The van der Waals surface area contributed by atoms with E-state index < -0.39 is 54.4 Å². The van der Waals surface area contributed by atoms with Crippen LogP contribution in [-0.2, 0) is 28.7 Å². The number of rotatable bonds is 15. The summed E-state index contributed by atoms with van der Waals surface area (Å²) in [6.45, 7) is 9.61. The van der Waals surface area contributed by atoms with Crippen molar-refractivity contribution in [3.8, 4) is 0 Å². The van der Waals surface area contributed by atoms with Gasteiger partial charge in [0.15, 0.2) is 12.1 Å². The molecule has 4 atom stereocenters. The van der Waals surface area contributed by atoms with Gasteiger partial charge in [-0.05, 0) is 24.3 Å². The zero-order chi connectivity index (χ0) is 31.7. The van der Waals surface area contributed by atoms with Gasteiger partial charge in [0.2, 0.25) is 23.6 Å². The molecule has 5 N–H and O–H groups in total. The van der Waals surface area contributed by atoms with Gasteiger partial charge in [-0.15, -0.1) is 0 Å². The van der Waals surface area contributed by atoms with Crippen LogP contribution in [0.25, 0.3) is 0 Å². The van der Waals surface area contributed by atoms with Crippen LogP contribution in [0.3, 0.4) is 0 Å². The van der Waals surface area contributed by atoms with Gasteiger partial charge in [-0.2, -0.15) is 0 Å². The van der Waals surface area contributed by atoms with Gasteiger partial charge in [-0.1, -0.05) is 91.6 Å². The molecule has 4 amide bonds. The first-order chi connectivity index (χ1) is 19.8. The van der Waals surface area contributed by atoms with E-state index in [1.165, 1.54) is 58.1 Å². The molecule has 11 heteroatoms. The molecular formula is C31H52N4O7. The Hall–Kier alpha value is -3.21. The highest BCUT2D eigenvalue weighted by Gasteiger charge is 2.36. The van der Waals surface area contributed by atoms with E-state index in [4.69, 9.17) is 10.5 Å². The largest absolute Gasteiger partial charge is 0.460 e. The lowest BCUT2D eigenvalue weighted by molar-refractivity contribution is -0.162. The van der Waals surface area contributed by atoms with Crippen molar-refractivity contribution in [1.82, 2.24) is 15.5 Å². The predicted octanol–water partition coefficient (Wildman–Crippen LogP) is 2.86. The normalized spacial score (nSPS) is 21.6. The molecule has 0 spiro atoms. The lowest BCUT2D eigenvalue weighted by atomic mass is 9.94. The number of aliphatic hydroxyl groups is 1. The number of ether oxygens (including phenoxy) is 1. The van der Waals surface area contributed by atoms with Crippen molar-refractivity contribution in [2.45, 2.75) is 116 Å². The van der Waals surface area contributed by atoms with E-state index >= 15 is 0 Å². The molecule has 4 unspecified atom stereocenters. The minimum atomic E-state index is -2.07. The summed E-state index contributed by atoms with van der Waals surface area (Å²) in [5.74, 6) is -3.69. The average Bonchev–Trinajstić information content (AvgIpc) is 2.91. The Kier molecular flexibility index (Phi) is 17.4. The number of nitrogens with two attached hydrogens (primary N) is 1. The number of aliphatic hydroxyl groups excluding tert-OH is 1. The van der Waals surface area contributed by atoms with Crippen molar-refractivity contribution in [2.24, 2.45) is 17.6 Å². The summed E-state index contributed by atoms with van der Waals surface area (Å²) in [5, 5.41) is 15.1. The topological polar surface area (TPSA) is 168 Å². The Morgan fingerprint density at radius 1 is 0.976 bits per heavy atom. The summed E-state index contributed by atoms with van der Waals surface area (Å²) in [7, 11) is 1.34. The van der Waals surface area contributed by atoms with E-state index in [2.05, 4.69) is 31.1 Å². The number of nitrogens with one attached hydrogen (secondary N) is 2. The summed E-state index contributed by atoms with van der Waals surface area (Å²) in [5.41, 5.74) is 5.35. The quantitative estimate of drug-likeness (QED) is 0.167. The predicted molar refractivity (Wildman–Crippen MR) is 160 cm³/mol. The molecule has 0 saturated carbocycles. The number of cyclic esters (lactones) is 1. The van der Waals surface area contributed by atoms with Crippen molar-refractivity contribution in [1.29, 1.82) is 0 Å². The van der Waals surface area contributed by atoms with Crippen LogP contribution in [0.5, 0.6) is 0 Å². The van der Waals surface area contributed by atoms with E-state index in [9.17, 15) is 29.1 Å². The number of allylic oxidation sites excluding steroid dienone is 1. The molecule has 1 aliphatic heterocycles. The fraction of sp³-hybridized carbons (Fsp3) is 0.710. The number of hydrogen-bond acceptors (Lipinski definition) is 7. The lowest BCUT2D eigenvalue weighted by Gasteiger charge is -2.28. The number of esters is 1. The fourth-order valence-electron chi connectivity index (χ4n) is 4.72. The number of likely N-dealkylation sites (N-methyl/N-ethyl adjacent to an activating group) is 1. The van der Waals surface area contributed by atoms with Gasteiger partial charge in [0.1, 0.15) is 6.10 Å². The number of carbonyl (C=O) groups excluding carboxylic acids is 5. The summed E-state index contributed by atoms with van der Waals surface area (Å²) >= 11 is 0. The molecule has 0 saturated heterocycles. The van der Waals surface area contributed by atoms with Gasteiger partial charge in [0, 0.05) is 18.8 Å². The first-order valence-electron chi connectivity index (χ1n) is 15.2. The van der Waals surface area contributed by atoms with E-state index in [0.717, 1.165) is 36.2 Å².